The largest absolute Gasteiger partial charge is 0.462 e. The molecule has 3 heterocycles. The number of nitrogens with zero attached hydrogens (tertiary/aromatic N) is 4. The number of amides is 1. The molecule has 1 amide bonds. The van der Waals surface area contributed by atoms with E-state index < -0.39 is 16.0 Å². The van der Waals surface area contributed by atoms with E-state index in [1.807, 2.05) is 0 Å². The van der Waals surface area contributed by atoms with Crippen LogP contribution in [0.15, 0.2) is 47.5 Å². The first-order valence-electron chi connectivity index (χ1n) is 11.7. The smallest absolute Gasteiger partial charge is 0.339 e. The molecule has 0 bridgehead atoms. The highest BCUT2D eigenvalue weighted by Gasteiger charge is 2.28. The van der Waals surface area contributed by atoms with E-state index in [9.17, 15) is 18.0 Å². The van der Waals surface area contributed by atoms with Gasteiger partial charge in [0.05, 0.1) is 17.1 Å². The van der Waals surface area contributed by atoms with Crippen molar-refractivity contribution in [3.05, 3.63) is 53.7 Å². The quantitative estimate of drug-likeness (QED) is 0.578. The van der Waals surface area contributed by atoms with Gasteiger partial charge in [0.15, 0.2) is 0 Å². The van der Waals surface area contributed by atoms with Crippen LogP contribution >= 0.6 is 0 Å². The fourth-order valence-electron chi connectivity index (χ4n) is 4.29. The maximum absolute atomic E-state index is 13.1. The molecule has 4 rings (SSSR count). The van der Waals surface area contributed by atoms with Crippen molar-refractivity contribution in [2.45, 2.75) is 31.1 Å². The molecule has 2 aromatic rings. The minimum Gasteiger partial charge on any atom is -0.462 e. The van der Waals surface area contributed by atoms with Gasteiger partial charge in [0.2, 0.25) is 10.0 Å². The highest BCUT2D eigenvalue weighted by Crippen LogP contribution is 2.22. The van der Waals surface area contributed by atoms with Crippen LogP contribution in [0.3, 0.4) is 0 Å². The van der Waals surface area contributed by atoms with Crippen LogP contribution in [0.2, 0.25) is 0 Å². The summed E-state index contributed by atoms with van der Waals surface area (Å²) in [5.41, 5.74) is 0.887. The molecule has 0 atom stereocenters. The van der Waals surface area contributed by atoms with E-state index in [4.69, 9.17) is 4.74 Å². The van der Waals surface area contributed by atoms with E-state index in [0.29, 0.717) is 50.5 Å². The summed E-state index contributed by atoms with van der Waals surface area (Å²) < 4.78 is 31.9. The Labute approximate surface area is 200 Å². The Morgan fingerprint density at radius 1 is 0.882 bits per heavy atom. The SMILES string of the molecule is CCOC(=O)c1ccc(N2CCCN(C(=O)c3ccc(S(=O)(=O)N4CCCC4)cc3)CC2)nc1. The third-order valence-corrected chi connectivity index (χ3v) is 8.08. The third kappa shape index (κ3) is 5.23. The van der Waals surface area contributed by atoms with Gasteiger partial charge in [-0.05, 0) is 62.6 Å². The van der Waals surface area contributed by atoms with Crippen LogP contribution in [0, 0.1) is 0 Å². The first-order valence-corrected chi connectivity index (χ1v) is 13.1. The fraction of sp³-hybridized carbons (Fsp3) is 0.458. The Morgan fingerprint density at radius 3 is 2.24 bits per heavy atom. The maximum Gasteiger partial charge on any atom is 0.339 e. The van der Waals surface area contributed by atoms with Crippen LogP contribution in [-0.2, 0) is 14.8 Å². The number of carbonyl (C=O) groups is 2. The van der Waals surface area contributed by atoms with Crippen LogP contribution < -0.4 is 4.90 Å². The van der Waals surface area contributed by atoms with Gasteiger partial charge in [0.25, 0.3) is 5.91 Å². The zero-order chi connectivity index (χ0) is 24.1. The number of carbonyl (C=O) groups excluding carboxylic acids is 2. The maximum atomic E-state index is 13.1. The van der Waals surface area contributed by atoms with Gasteiger partial charge in [-0.1, -0.05) is 0 Å². The van der Waals surface area contributed by atoms with Gasteiger partial charge < -0.3 is 14.5 Å². The van der Waals surface area contributed by atoms with E-state index in [-0.39, 0.29) is 10.8 Å². The summed E-state index contributed by atoms with van der Waals surface area (Å²) >= 11 is 0. The molecule has 0 radical (unpaired) electrons. The Kier molecular flexibility index (Phi) is 7.47. The summed E-state index contributed by atoms with van der Waals surface area (Å²) in [5, 5.41) is 0. The van der Waals surface area contributed by atoms with Gasteiger partial charge in [-0.2, -0.15) is 4.31 Å². The average molecular weight is 487 g/mol. The number of esters is 1. The summed E-state index contributed by atoms with van der Waals surface area (Å²) in [7, 11) is -3.50. The molecule has 1 aromatic heterocycles. The highest BCUT2D eigenvalue weighted by atomic mass is 32.2. The Hall–Kier alpha value is -2.98. The number of hydrogen-bond acceptors (Lipinski definition) is 7. The summed E-state index contributed by atoms with van der Waals surface area (Å²) in [4.78, 5) is 33.4. The van der Waals surface area contributed by atoms with Gasteiger partial charge in [0, 0.05) is 51.0 Å². The van der Waals surface area contributed by atoms with E-state index in [1.54, 1.807) is 36.1 Å². The molecule has 0 spiro atoms. The Balaban J connectivity index is 1.38. The molecule has 34 heavy (non-hydrogen) atoms. The normalized spacial score (nSPS) is 17.4. The third-order valence-electron chi connectivity index (χ3n) is 6.17. The second kappa shape index (κ2) is 10.5. The molecule has 182 valence electrons. The zero-order valence-electron chi connectivity index (χ0n) is 19.4. The van der Waals surface area contributed by atoms with Gasteiger partial charge in [0.1, 0.15) is 5.82 Å². The second-order valence-electron chi connectivity index (χ2n) is 8.39. The van der Waals surface area contributed by atoms with Crippen LogP contribution in [0.4, 0.5) is 5.82 Å². The number of rotatable bonds is 6. The van der Waals surface area contributed by atoms with Crippen LogP contribution in [0.25, 0.3) is 0 Å². The van der Waals surface area contributed by atoms with E-state index in [1.165, 1.54) is 22.6 Å². The van der Waals surface area contributed by atoms with E-state index in [2.05, 4.69) is 9.88 Å². The number of ether oxygens (including phenoxy) is 1. The lowest BCUT2D eigenvalue weighted by molar-refractivity contribution is 0.0525. The van der Waals surface area contributed by atoms with E-state index >= 15 is 0 Å². The van der Waals surface area contributed by atoms with Crippen molar-refractivity contribution in [3.8, 4) is 0 Å². The molecule has 0 unspecified atom stereocenters. The standard InChI is InChI=1S/C24H30N4O5S/c1-2-33-24(30)20-8-11-22(25-18-20)26-12-5-13-27(17-16-26)23(29)19-6-9-21(10-7-19)34(31,32)28-14-3-4-15-28/h6-11,18H,2-5,12-17H2,1H3. The van der Waals surface area contributed by atoms with Gasteiger partial charge in [-0.25, -0.2) is 18.2 Å². The first-order chi connectivity index (χ1) is 16.4. The minimum absolute atomic E-state index is 0.113. The highest BCUT2D eigenvalue weighted by molar-refractivity contribution is 7.89. The van der Waals surface area contributed by atoms with Gasteiger partial charge in [-0.3, -0.25) is 4.79 Å². The first kappa shape index (κ1) is 24.2. The predicted molar refractivity (Wildman–Crippen MR) is 127 cm³/mol. The molecule has 2 saturated heterocycles. The van der Waals surface area contributed by atoms with Crippen molar-refractivity contribution < 1.29 is 22.7 Å². The van der Waals surface area contributed by atoms with Crippen molar-refractivity contribution in [3.63, 3.8) is 0 Å². The van der Waals surface area contributed by atoms with Crippen LogP contribution in [0.1, 0.15) is 46.9 Å². The lowest BCUT2D eigenvalue weighted by Crippen LogP contribution is -2.35. The van der Waals surface area contributed by atoms with Gasteiger partial charge >= 0.3 is 5.97 Å². The molecule has 0 saturated carbocycles. The number of sulfonamides is 1. The molecule has 9 nitrogen and oxygen atoms in total. The summed E-state index contributed by atoms with van der Waals surface area (Å²) in [5.74, 6) is 0.241. The number of hydrogen-bond donors (Lipinski definition) is 0. The number of benzene rings is 1. The molecule has 0 aliphatic carbocycles. The number of anilines is 1. The summed E-state index contributed by atoms with van der Waals surface area (Å²) in [6, 6.07) is 9.75. The van der Waals surface area contributed by atoms with Crippen molar-refractivity contribution in [2.75, 3.05) is 50.8 Å². The number of aromatic nitrogens is 1. The van der Waals surface area contributed by atoms with Crippen LogP contribution in [0.5, 0.6) is 0 Å². The van der Waals surface area contributed by atoms with Crippen LogP contribution in [-0.4, -0.2) is 80.4 Å². The predicted octanol–water partition coefficient (Wildman–Crippen LogP) is 2.40. The lowest BCUT2D eigenvalue weighted by Gasteiger charge is -2.23. The monoisotopic (exact) mass is 486 g/mol. The van der Waals surface area contributed by atoms with E-state index in [0.717, 1.165) is 31.6 Å². The molecular formula is C24H30N4O5S. The fourth-order valence-corrected chi connectivity index (χ4v) is 5.80. The van der Waals surface area contributed by atoms with Crippen molar-refractivity contribution in [1.29, 1.82) is 0 Å². The average Bonchev–Trinajstić information content (AvgIpc) is 3.30. The Morgan fingerprint density at radius 2 is 1.59 bits per heavy atom. The summed E-state index contributed by atoms with van der Waals surface area (Å²) in [6.07, 6.45) is 4.05. The molecule has 0 N–H and O–H groups in total. The lowest BCUT2D eigenvalue weighted by atomic mass is 10.2. The number of pyridine rings is 1. The molecule has 2 aliphatic heterocycles. The topological polar surface area (TPSA) is 100 Å². The molecular weight excluding hydrogens is 456 g/mol. The molecule has 2 aliphatic rings. The molecule has 2 fully saturated rings. The van der Waals surface area contributed by atoms with Crippen molar-refractivity contribution in [2.24, 2.45) is 0 Å². The van der Waals surface area contributed by atoms with Crippen molar-refractivity contribution in [1.82, 2.24) is 14.2 Å². The molecule has 10 heteroatoms. The van der Waals surface area contributed by atoms with Gasteiger partial charge in [-0.15, -0.1) is 0 Å². The Bertz CT molecular complexity index is 1110. The molecule has 1 aromatic carbocycles. The second-order valence-corrected chi connectivity index (χ2v) is 10.3. The minimum atomic E-state index is -3.50. The summed E-state index contributed by atoms with van der Waals surface area (Å²) in [6.45, 7) is 5.64. The zero-order valence-corrected chi connectivity index (χ0v) is 20.2. The van der Waals surface area contributed by atoms with Crippen molar-refractivity contribution >= 4 is 27.7 Å².